The summed E-state index contributed by atoms with van der Waals surface area (Å²) in [4.78, 5) is 11.5. The Morgan fingerprint density at radius 2 is 2.28 bits per heavy atom. The fourth-order valence-electron chi connectivity index (χ4n) is 4.17. The van der Waals surface area contributed by atoms with E-state index in [9.17, 15) is 0 Å². The van der Waals surface area contributed by atoms with Gasteiger partial charge in [-0.2, -0.15) is 0 Å². The minimum Gasteiger partial charge on any atom is -0.484 e. The van der Waals surface area contributed by atoms with E-state index in [2.05, 4.69) is 64.6 Å². The van der Waals surface area contributed by atoms with Crippen LogP contribution in [0.1, 0.15) is 20.3 Å². The second-order valence-electron chi connectivity index (χ2n) is 7.24. The predicted octanol–water partition coefficient (Wildman–Crippen LogP) is 1.42. The van der Waals surface area contributed by atoms with Gasteiger partial charge < -0.3 is 20.3 Å². The number of fused-ring (bicyclic) bond motifs is 1. The number of hydrogen-bond acceptors (Lipinski definition) is 6. The van der Waals surface area contributed by atoms with Crippen molar-refractivity contribution in [3.8, 4) is 0 Å². The molecule has 1 fully saturated rings. The number of piperidine rings is 1. The summed E-state index contributed by atoms with van der Waals surface area (Å²) in [5.74, 6) is 1.46. The van der Waals surface area contributed by atoms with Gasteiger partial charge in [0.15, 0.2) is 5.90 Å². The number of likely N-dealkylation sites (tertiary alicyclic amines) is 1. The van der Waals surface area contributed by atoms with Crippen LogP contribution < -0.4 is 10.6 Å². The van der Waals surface area contributed by atoms with Crippen LogP contribution in [0.15, 0.2) is 33.9 Å². The maximum Gasteiger partial charge on any atom is 0.196 e. The van der Waals surface area contributed by atoms with Crippen LogP contribution in [0.4, 0.5) is 0 Å². The molecule has 25 heavy (non-hydrogen) atoms. The molecule has 6 heteroatoms. The Balaban J connectivity index is 1.78. The summed E-state index contributed by atoms with van der Waals surface area (Å²) < 4.78 is 5.56. The van der Waals surface area contributed by atoms with Gasteiger partial charge in [0.2, 0.25) is 0 Å². The van der Waals surface area contributed by atoms with Crippen LogP contribution >= 0.6 is 0 Å². The number of likely N-dealkylation sites (N-methyl/N-ethyl adjacent to an activating group) is 1. The van der Waals surface area contributed by atoms with E-state index in [0.29, 0.717) is 12.0 Å². The Morgan fingerprint density at radius 1 is 1.44 bits per heavy atom. The van der Waals surface area contributed by atoms with Crippen LogP contribution in [-0.4, -0.2) is 69.1 Å². The maximum atomic E-state index is 5.56. The zero-order valence-electron chi connectivity index (χ0n) is 15.8. The Hall–Kier alpha value is -1.66. The molecule has 0 bridgehead atoms. The highest BCUT2D eigenvalue weighted by molar-refractivity contribution is 5.89. The van der Waals surface area contributed by atoms with Crippen molar-refractivity contribution >= 4 is 12.2 Å². The third kappa shape index (κ3) is 3.51. The summed E-state index contributed by atoms with van der Waals surface area (Å²) in [6.45, 7) is 8.26. The Bertz CT molecular complexity index is 597. The summed E-state index contributed by atoms with van der Waals surface area (Å²) in [5, 5.41) is 7.00. The van der Waals surface area contributed by atoms with Crippen LogP contribution in [0.3, 0.4) is 0 Å². The van der Waals surface area contributed by atoms with Gasteiger partial charge in [0.1, 0.15) is 6.34 Å². The third-order valence-electron chi connectivity index (χ3n) is 5.76. The molecule has 2 aliphatic heterocycles. The smallest absolute Gasteiger partial charge is 0.196 e. The van der Waals surface area contributed by atoms with Crippen LogP contribution in [0.25, 0.3) is 0 Å². The molecule has 4 unspecified atom stereocenters. The summed E-state index contributed by atoms with van der Waals surface area (Å²) in [5.41, 5.74) is 1.26. The zero-order chi connectivity index (χ0) is 17.9. The summed E-state index contributed by atoms with van der Waals surface area (Å²) in [6.07, 6.45) is 9.42. The summed E-state index contributed by atoms with van der Waals surface area (Å²) in [6, 6.07) is 0.323. The molecule has 3 rings (SSSR count). The summed E-state index contributed by atoms with van der Waals surface area (Å²) in [7, 11) is 3.76. The first-order valence-electron chi connectivity index (χ1n) is 9.29. The fourth-order valence-corrected chi connectivity index (χ4v) is 4.17. The molecule has 138 valence electrons. The first-order chi connectivity index (χ1) is 12.1. The second-order valence-corrected chi connectivity index (χ2v) is 7.24. The first kappa shape index (κ1) is 18.1. The van der Waals surface area contributed by atoms with Gasteiger partial charge in [-0.1, -0.05) is 19.1 Å². The van der Waals surface area contributed by atoms with E-state index in [-0.39, 0.29) is 11.5 Å². The lowest BCUT2D eigenvalue weighted by molar-refractivity contribution is 0.142. The van der Waals surface area contributed by atoms with Crippen molar-refractivity contribution in [2.75, 3.05) is 40.3 Å². The average molecular weight is 345 g/mol. The largest absolute Gasteiger partial charge is 0.484 e. The number of ether oxygens (including phenoxy) is 1. The van der Waals surface area contributed by atoms with Gasteiger partial charge in [-0.15, -0.1) is 0 Å². The molecule has 0 radical (unpaired) electrons. The van der Waals surface area contributed by atoms with Gasteiger partial charge in [-0.05, 0) is 33.0 Å². The predicted molar refractivity (Wildman–Crippen MR) is 103 cm³/mol. The number of nitrogens with zero attached hydrogens (tertiary/aromatic N) is 3. The molecule has 0 aromatic heterocycles. The molecule has 0 saturated carbocycles. The SMILES string of the molecule is CCNCC1C=CC=C(N2CCC3(C)N=CN=C(OC)C3C2)C1NC. The van der Waals surface area contributed by atoms with Crippen molar-refractivity contribution in [3.63, 3.8) is 0 Å². The van der Waals surface area contributed by atoms with E-state index in [4.69, 9.17) is 4.74 Å². The number of allylic oxidation sites excluding steroid dienone is 2. The molecular formula is C19H31N5O. The van der Waals surface area contributed by atoms with Crippen LogP contribution in [0, 0.1) is 11.8 Å². The molecule has 0 spiro atoms. The minimum absolute atomic E-state index is 0.104. The van der Waals surface area contributed by atoms with Gasteiger partial charge in [0, 0.05) is 31.2 Å². The van der Waals surface area contributed by atoms with Crippen molar-refractivity contribution in [1.29, 1.82) is 0 Å². The van der Waals surface area contributed by atoms with Crippen molar-refractivity contribution in [3.05, 3.63) is 23.9 Å². The van der Waals surface area contributed by atoms with E-state index in [1.807, 2.05) is 0 Å². The van der Waals surface area contributed by atoms with Gasteiger partial charge >= 0.3 is 0 Å². The molecule has 1 saturated heterocycles. The average Bonchev–Trinajstić information content (AvgIpc) is 2.64. The molecule has 6 nitrogen and oxygen atoms in total. The summed E-state index contributed by atoms with van der Waals surface area (Å²) >= 11 is 0. The van der Waals surface area contributed by atoms with Crippen LogP contribution in [0.5, 0.6) is 0 Å². The standard InChI is InChI=1S/C19H31N5O/c1-5-21-11-14-7-6-8-16(17(14)20-3)24-10-9-19(2)15(12-24)18(25-4)22-13-23-19/h6-8,13-15,17,20-21H,5,9-12H2,1-4H3. The van der Waals surface area contributed by atoms with Gasteiger partial charge in [0.05, 0.1) is 24.6 Å². The molecule has 3 aliphatic rings. The first-order valence-corrected chi connectivity index (χ1v) is 9.29. The Labute approximate surface area is 151 Å². The number of aliphatic imine (C=N–C) groups is 2. The number of hydrogen-bond donors (Lipinski definition) is 2. The Kier molecular flexibility index (Phi) is 5.59. The number of nitrogens with one attached hydrogen (secondary N) is 2. The molecular weight excluding hydrogens is 314 g/mol. The third-order valence-corrected chi connectivity index (χ3v) is 5.76. The van der Waals surface area contributed by atoms with E-state index < -0.39 is 0 Å². The lowest BCUT2D eigenvalue weighted by atomic mass is 9.78. The van der Waals surface area contributed by atoms with Crippen molar-refractivity contribution in [1.82, 2.24) is 15.5 Å². The zero-order valence-corrected chi connectivity index (χ0v) is 15.8. The van der Waals surface area contributed by atoms with Crippen LogP contribution in [-0.2, 0) is 4.74 Å². The molecule has 0 aromatic rings. The maximum absolute atomic E-state index is 5.56. The van der Waals surface area contributed by atoms with Crippen molar-refractivity contribution < 1.29 is 4.74 Å². The topological polar surface area (TPSA) is 61.2 Å². The van der Waals surface area contributed by atoms with E-state index >= 15 is 0 Å². The van der Waals surface area contributed by atoms with Crippen molar-refractivity contribution in [2.24, 2.45) is 21.8 Å². The fraction of sp³-hybridized carbons (Fsp3) is 0.684. The molecule has 0 amide bonds. The second kappa shape index (κ2) is 7.70. The highest BCUT2D eigenvalue weighted by atomic mass is 16.5. The van der Waals surface area contributed by atoms with Gasteiger partial charge in [-0.25, -0.2) is 4.99 Å². The van der Waals surface area contributed by atoms with Gasteiger partial charge in [-0.3, -0.25) is 4.99 Å². The van der Waals surface area contributed by atoms with E-state index in [1.54, 1.807) is 13.4 Å². The highest BCUT2D eigenvalue weighted by Crippen LogP contribution is 2.37. The van der Waals surface area contributed by atoms with E-state index in [1.165, 1.54) is 5.70 Å². The molecule has 0 aromatic carbocycles. The molecule has 1 aliphatic carbocycles. The number of rotatable bonds is 5. The van der Waals surface area contributed by atoms with Crippen LogP contribution in [0.2, 0.25) is 0 Å². The Morgan fingerprint density at radius 3 is 3.00 bits per heavy atom. The van der Waals surface area contributed by atoms with Gasteiger partial charge in [0.25, 0.3) is 0 Å². The highest BCUT2D eigenvalue weighted by Gasteiger charge is 2.45. The number of methoxy groups -OCH3 is 1. The molecule has 2 N–H and O–H groups in total. The molecule has 4 atom stereocenters. The monoisotopic (exact) mass is 345 g/mol. The minimum atomic E-state index is -0.104. The van der Waals surface area contributed by atoms with E-state index in [0.717, 1.165) is 38.5 Å². The quantitative estimate of drug-likeness (QED) is 0.791. The lowest BCUT2D eigenvalue weighted by Gasteiger charge is -2.47. The normalized spacial score (nSPS) is 34.4. The van der Waals surface area contributed by atoms with Crippen molar-refractivity contribution in [2.45, 2.75) is 31.8 Å². The lowest BCUT2D eigenvalue weighted by Crippen LogP contribution is -2.56. The molecule has 2 heterocycles.